The minimum Gasteiger partial charge on any atom is -0.493 e. The summed E-state index contributed by atoms with van der Waals surface area (Å²) in [6.07, 6.45) is 2.16. The second-order valence-electron chi connectivity index (χ2n) is 3.70. The van der Waals surface area contributed by atoms with Crippen molar-refractivity contribution in [2.75, 3.05) is 13.2 Å². The molecule has 0 radical (unpaired) electrons. The predicted octanol–water partition coefficient (Wildman–Crippen LogP) is 2.44. The number of unbranched alkanes of at least 4 members (excludes halogenated alkanes) is 1. The molecule has 0 bridgehead atoms. The van der Waals surface area contributed by atoms with Gasteiger partial charge in [0.1, 0.15) is 23.8 Å². The van der Waals surface area contributed by atoms with Crippen molar-refractivity contribution >= 4 is 5.71 Å². The fourth-order valence-electron chi connectivity index (χ4n) is 1.59. The van der Waals surface area contributed by atoms with Gasteiger partial charge in [0.25, 0.3) is 0 Å². The minimum atomic E-state index is 0.324. The Morgan fingerprint density at radius 1 is 1.50 bits per heavy atom. The second-order valence-corrected chi connectivity index (χ2v) is 3.70. The first kappa shape index (κ1) is 10.8. The van der Waals surface area contributed by atoms with Crippen molar-refractivity contribution in [3.05, 3.63) is 23.8 Å². The van der Waals surface area contributed by atoms with Gasteiger partial charge >= 0.3 is 0 Å². The summed E-state index contributed by atoms with van der Waals surface area (Å²) in [5.41, 5.74) is 1.40. The first-order valence-corrected chi connectivity index (χ1v) is 5.46. The van der Waals surface area contributed by atoms with Crippen LogP contribution in [0.1, 0.15) is 25.3 Å². The molecule has 1 aliphatic rings. The zero-order valence-corrected chi connectivity index (χ0v) is 9.27. The van der Waals surface area contributed by atoms with Crippen molar-refractivity contribution in [1.82, 2.24) is 0 Å². The summed E-state index contributed by atoms with van der Waals surface area (Å²) in [5, 5.41) is 11.9. The van der Waals surface area contributed by atoms with Crippen LogP contribution in [-0.2, 0) is 0 Å². The Balaban J connectivity index is 2.09. The topological polar surface area (TPSA) is 51.0 Å². The molecule has 4 heteroatoms. The van der Waals surface area contributed by atoms with Crippen molar-refractivity contribution < 1.29 is 14.7 Å². The molecule has 2 rings (SSSR count). The predicted molar refractivity (Wildman–Crippen MR) is 60.7 cm³/mol. The molecule has 0 saturated heterocycles. The molecule has 0 unspecified atom stereocenters. The van der Waals surface area contributed by atoms with Crippen molar-refractivity contribution in [2.24, 2.45) is 5.16 Å². The molecular weight excluding hydrogens is 206 g/mol. The van der Waals surface area contributed by atoms with E-state index in [0.717, 1.165) is 36.5 Å². The smallest absolute Gasteiger partial charge is 0.134 e. The van der Waals surface area contributed by atoms with E-state index in [1.807, 2.05) is 18.2 Å². The summed E-state index contributed by atoms with van der Waals surface area (Å²) < 4.78 is 10.9. The van der Waals surface area contributed by atoms with E-state index in [1.165, 1.54) is 0 Å². The zero-order chi connectivity index (χ0) is 11.4. The van der Waals surface area contributed by atoms with Crippen LogP contribution in [0.2, 0.25) is 0 Å². The van der Waals surface area contributed by atoms with E-state index >= 15 is 0 Å². The minimum absolute atomic E-state index is 0.324. The summed E-state index contributed by atoms with van der Waals surface area (Å²) in [7, 11) is 0. The maximum absolute atomic E-state index is 8.73. The molecule has 0 spiro atoms. The lowest BCUT2D eigenvalue weighted by Crippen LogP contribution is -2.01. The lowest BCUT2D eigenvalue weighted by atomic mass is 10.1. The fraction of sp³-hybridized carbons (Fsp3) is 0.417. The molecule has 16 heavy (non-hydrogen) atoms. The third-order valence-corrected chi connectivity index (χ3v) is 2.52. The highest BCUT2D eigenvalue weighted by Crippen LogP contribution is 2.29. The molecule has 0 amide bonds. The average Bonchev–Trinajstić information content (AvgIpc) is 2.71. The Bertz CT molecular complexity index is 401. The van der Waals surface area contributed by atoms with Gasteiger partial charge in [-0.1, -0.05) is 18.5 Å². The average molecular weight is 221 g/mol. The molecule has 0 saturated carbocycles. The normalized spacial score (nSPS) is 15.9. The van der Waals surface area contributed by atoms with Gasteiger partial charge in [-0.3, -0.25) is 0 Å². The Labute approximate surface area is 94.5 Å². The number of ether oxygens (including phenoxy) is 2. The van der Waals surface area contributed by atoms with Crippen LogP contribution >= 0.6 is 0 Å². The highest BCUT2D eigenvalue weighted by atomic mass is 16.5. The monoisotopic (exact) mass is 221 g/mol. The van der Waals surface area contributed by atoms with Crippen LogP contribution in [0.4, 0.5) is 0 Å². The number of hydrogen-bond acceptors (Lipinski definition) is 4. The summed E-state index contributed by atoms with van der Waals surface area (Å²) in [6.45, 7) is 3.17. The highest BCUT2D eigenvalue weighted by Gasteiger charge is 2.20. The number of hydrogen-bond donors (Lipinski definition) is 1. The van der Waals surface area contributed by atoms with Gasteiger partial charge in [-0.05, 0) is 18.6 Å². The van der Waals surface area contributed by atoms with Crippen LogP contribution in [0.5, 0.6) is 11.5 Å². The van der Waals surface area contributed by atoms with Gasteiger partial charge in [-0.25, -0.2) is 0 Å². The Morgan fingerprint density at radius 2 is 2.38 bits per heavy atom. The van der Waals surface area contributed by atoms with Crippen LogP contribution in [0.15, 0.2) is 23.4 Å². The van der Waals surface area contributed by atoms with E-state index in [1.54, 1.807) is 0 Å². The number of oxime groups is 1. The Morgan fingerprint density at radius 3 is 3.12 bits per heavy atom. The van der Waals surface area contributed by atoms with Crippen molar-refractivity contribution in [1.29, 1.82) is 0 Å². The van der Waals surface area contributed by atoms with Crippen LogP contribution in [0.3, 0.4) is 0 Å². The molecule has 1 N–H and O–H groups in total. The number of rotatable bonds is 4. The number of nitrogens with zero attached hydrogens (tertiary/aromatic N) is 1. The maximum atomic E-state index is 8.73. The largest absolute Gasteiger partial charge is 0.493 e. The summed E-state index contributed by atoms with van der Waals surface area (Å²) in [6, 6.07) is 5.57. The molecule has 1 aromatic rings. The van der Waals surface area contributed by atoms with Gasteiger partial charge in [0.2, 0.25) is 0 Å². The maximum Gasteiger partial charge on any atom is 0.134 e. The Hall–Kier alpha value is -1.71. The number of fused-ring (bicyclic) bond motifs is 1. The van der Waals surface area contributed by atoms with Gasteiger partial charge in [-0.2, -0.15) is 0 Å². The van der Waals surface area contributed by atoms with Crippen molar-refractivity contribution in [2.45, 2.75) is 19.8 Å². The van der Waals surface area contributed by atoms with E-state index in [-0.39, 0.29) is 0 Å². The SMILES string of the molecule is CCCCOc1ccc2c(c1)OCC2=NO. The first-order chi connectivity index (χ1) is 7.85. The second kappa shape index (κ2) is 4.88. The summed E-state index contributed by atoms with van der Waals surface area (Å²) in [5.74, 6) is 1.52. The van der Waals surface area contributed by atoms with Gasteiger partial charge in [0.05, 0.1) is 6.61 Å². The molecule has 0 atom stereocenters. The van der Waals surface area contributed by atoms with E-state index in [0.29, 0.717) is 12.3 Å². The number of benzene rings is 1. The fourth-order valence-corrected chi connectivity index (χ4v) is 1.59. The molecule has 4 nitrogen and oxygen atoms in total. The molecule has 1 aliphatic heterocycles. The molecule has 86 valence electrons. The quantitative estimate of drug-likeness (QED) is 0.482. The third kappa shape index (κ3) is 2.10. The van der Waals surface area contributed by atoms with Gasteiger partial charge < -0.3 is 14.7 Å². The third-order valence-electron chi connectivity index (χ3n) is 2.52. The van der Waals surface area contributed by atoms with Crippen molar-refractivity contribution in [3.8, 4) is 11.5 Å². The van der Waals surface area contributed by atoms with Gasteiger partial charge in [-0.15, -0.1) is 0 Å². The zero-order valence-electron chi connectivity index (χ0n) is 9.27. The first-order valence-electron chi connectivity index (χ1n) is 5.46. The van der Waals surface area contributed by atoms with E-state index in [4.69, 9.17) is 14.7 Å². The molecule has 0 aromatic heterocycles. The van der Waals surface area contributed by atoms with E-state index < -0.39 is 0 Å². The van der Waals surface area contributed by atoms with Crippen LogP contribution in [0.25, 0.3) is 0 Å². The molecule has 0 aliphatic carbocycles. The lowest BCUT2D eigenvalue weighted by Gasteiger charge is -2.06. The molecule has 1 aromatic carbocycles. The van der Waals surface area contributed by atoms with Gasteiger partial charge in [0.15, 0.2) is 0 Å². The van der Waals surface area contributed by atoms with Crippen LogP contribution in [-0.4, -0.2) is 24.1 Å². The van der Waals surface area contributed by atoms with Crippen LogP contribution in [0, 0.1) is 0 Å². The highest BCUT2D eigenvalue weighted by molar-refractivity contribution is 6.05. The lowest BCUT2D eigenvalue weighted by molar-refractivity contribution is 0.305. The Kier molecular flexibility index (Phi) is 3.29. The summed E-state index contributed by atoms with van der Waals surface area (Å²) in [4.78, 5) is 0. The van der Waals surface area contributed by atoms with Gasteiger partial charge in [0, 0.05) is 11.6 Å². The van der Waals surface area contributed by atoms with Crippen molar-refractivity contribution in [3.63, 3.8) is 0 Å². The van der Waals surface area contributed by atoms with E-state index in [2.05, 4.69) is 12.1 Å². The molecule has 0 fully saturated rings. The van der Waals surface area contributed by atoms with Crippen LogP contribution < -0.4 is 9.47 Å². The molecule has 1 heterocycles. The molecular formula is C12H15NO3. The standard InChI is InChI=1S/C12H15NO3/c1-2-3-6-15-9-4-5-10-11(13-14)8-16-12(10)7-9/h4-5,7,14H,2-3,6,8H2,1H3. The van der Waals surface area contributed by atoms with E-state index in [9.17, 15) is 0 Å². The summed E-state index contributed by atoms with van der Waals surface area (Å²) >= 11 is 0.